The fourth-order valence-corrected chi connectivity index (χ4v) is 3.81. The van der Waals surface area contributed by atoms with Gasteiger partial charge in [-0.1, -0.05) is 79.2 Å². The fourth-order valence-electron chi connectivity index (χ4n) is 3.68. The van der Waals surface area contributed by atoms with Gasteiger partial charge in [-0.05, 0) is 42.7 Å². The Labute approximate surface area is 205 Å². The Balaban J connectivity index is 1.97. The molecule has 0 aromatic heterocycles. The van der Waals surface area contributed by atoms with E-state index in [-0.39, 0.29) is 30.8 Å². The van der Waals surface area contributed by atoms with Crippen LogP contribution in [-0.2, 0) is 29.0 Å². The molecule has 4 nitrogen and oxygen atoms in total. The molecule has 0 aliphatic carbocycles. The van der Waals surface area contributed by atoms with Gasteiger partial charge in [0.05, 0.1) is 6.42 Å². The van der Waals surface area contributed by atoms with E-state index in [0.717, 1.165) is 17.5 Å². The normalized spacial score (nSPS) is 12.6. The summed E-state index contributed by atoms with van der Waals surface area (Å²) in [5.41, 5.74) is 2.06. The fraction of sp³-hybridized carbons (Fsp3) is 0.286. The van der Waals surface area contributed by atoms with E-state index < -0.39 is 11.9 Å². The van der Waals surface area contributed by atoms with E-state index in [0.29, 0.717) is 17.0 Å². The molecule has 0 aliphatic rings. The molecular weight excluding hydrogens is 451 g/mol. The number of amides is 2. The minimum atomic E-state index is -0.796. The number of benzene rings is 3. The Morgan fingerprint density at radius 3 is 2.24 bits per heavy atom. The molecule has 2 amide bonds. The Kier molecular flexibility index (Phi) is 9.23. The van der Waals surface area contributed by atoms with Crippen LogP contribution in [0.3, 0.4) is 0 Å². The monoisotopic (exact) mass is 480 g/mol. The van der Waals surface area contributed by atoms with Crippen LogP contribution in [0.2, 0.25) is 5.02 Å². The van der Waals surface area contributed by atoms with Crippen LogP contribution in [0, 0.1) is 5.82 Å². The van der Waals surface area contributed by atoms with Gasteiger partial charge in [-0.3, -0.25) is 9.59 Å². The standard InChI is InChI=1S/C28H30ClFN2O2/c1-3-20(2)31-28(34)26(17-21-9-5-4-6-10-21)32(19-23-11-7-8-12-25(23)30)27(33)18-22-13-15-24(29)16-14-22/h4-16,20,26H,3,17-19H2,1-2H3,(H,31,34)/t20-,26+/m0/s1. The van der Waals surface area contributed by atoms with E-state index in [1.165, 1.54) is 11.0 Å². The minimum Gasteiger partial charge on any atom is -0.352 e. The van der Waals surface area contributed by atoms with Crippen molar-refractivity contribution in [1.29, 1.82) is 0 Å². The predicted octanol–water partition coefficient (Wildman–Crippen LogP) is 5.58. The second kappa shape index (κ2) is 12.3. The van der Waals surface area contributed by atoms with Crippen LogP contribution in [-0.4, -0.2) is 28.8 Å². The van der Waals surface area contributed by atoms with E-state index in [2.05, 4.69) is 5.32 Å². The van der Waals surface area contributed by atoms with Crippen LogP contribution in [0.4, 0.5) is 4.39 Å². The van der Waals surface area contributed by atoms with Gasteiger partial charge in [0.25, 0.3) is 0 Å². The number of carbonyl (C=O) groups excluding carboxylic acids is 2. The highest BCUT2D eigenvalue weighted by molar-refractivity contribution is 6.30. The van der Waals surface area contributed by atoms with Gasteiger partial charge in [0.2, 0.25) is 11.8 Å². The van der Waals surface area contributed by atoms with Gasteiger partial charge in [0.1, 0.15) is 11.9 Å². The van der Waals surface area contributed by atoms with Crippen molar-refractivity contribution >= 4 is 23.4 Å². The topological polar surface area (TPSA) is 49.4 Å². The molecule has 0 aliphatic heterocycles. The van der Waals surface area contributed by atoms with Crippen LogP contribution in [0.25, 0.3) is 0 Å². The summed E-state index contributed by atoms with van der Waals surface area (Å²) in [5.74, 6) is -0.919. The van der Waals surface area contributed by atoms with Crippen molar-refractivity contribution in [1.82, 2.24) is 10.2 Å². The summed E-state index contributed by atoms with van der Waals surface area (Å²) in [6.07, 6.45) is 1.16. The summed E-state index contributed by atoms with van der Waals surface area (Å²) in [7, 11) is 0. The Morgan fingerprint density at radius 1 is 0.941 bits per heavy atom. The predicted molar refractivity (Wildman–Crippen MR) is 134 cm³/mol. The lowest BCUT2D eigenvalue weighted by Gasteiger charge is -2.32. The van der Waals surface area contributed by atoms with Gasteiger partial charge < -0.3 is 10.2 Å². The summed E-state index contributed by atoms with van der Waals surface area (Å²) >= 11 is 5.99. The number of hydrogen-bond acceptors (Lipinski definition) is 2. The first kappa shape index (κ1) is 25.4. The van der Waals surface area contributed by atoms with Gasteiger partial charge in [0, 0.05) is 29.6 Å². The van der Waals surface area contributed by atoms with E-state index in [9.17, 15) is 14.0 Å². The molecule has 1 N–H and O–H groups in total. The first-order chi connectivity index (χ1) is 16.4. The van der Waals surface area contributed by atoms with E-state index >= 15 is 0 Å². The SMILES string of the molecule is CC[C@H](C)NC(=O)[C@@H](Cc1ccccc1)N(Cc1ccccc1F)C(=O)Cc1ccc(Cl)cc1. The molecule has 3 rings (SSSR count). The quantitative estimate of drug-likeness (QED) is 0.412. The Hall–Kier alpha value is -3.18. The molecule has 0 saturated heterocycles. The second-order valence-corrected chi connectivity index (χ2v) is 8.88. The van der Waals surface area contributed by atoms with Gasteiger partial charge in [0.15, 0.2) is 0 Å². The number of nitrogens with one attached hydrogen (secondary N) is 1. The van der Waals surface area contributed by atoms with E-state index in [1.807, 2.05) is 44.2 Å². The van der Waals surface area contributed by atoms with Crippen molar-refractivity contribution in [2.45, 2.75) is 51.7 Å². The van der Waals surface area contributed by atoms with E-state index in [1.54, 1.807) is 42.5 Å². The molecule has 0 saturated carbocycles. The number of hydrogen-bond donors (Lipinski definition) is 1. The summed E-state index contributed by atoms with van der Waals surface area (Å²) in [5, 5.41) is 3.59. The van der Waals surface area contributed by atoms with Crippen LogP contribution in [0.1, 0.15) is 37.0 Å². The Bertz CT molecular complexity index is 1090. The van der Waals surface area contributed by atoms with Gasteiger partial charge in [-0.15, -0.1) is 0 Å². The molecule has 0 heterocycles. The zero-order valence-corrected chi connectivity index (χ0v) is 20.3. The molecule has 2 atom stereocenters. The highest BCUT2D eigenvalue weighted by Gasteiger charge is 2.31. The maximum atomic E-state index is 14.6. The number of halogens is 2. The smallest absolute Gasteiger partial charge is 0.243 e. The van der Waals surface area contributed by atoms with E-state index in [4.69, 9.17) is 11.6 Å². The first-order valence-electron chi connectivity index (χ1n) is 11.5. The van der Waals surface area contributed by atoms with Crippen molar-refractivity contribution in [3.63, 3.8) is 0 Å². The minimum absolute atomic E-state index is 0.00940. The molecule has 0 unspecified atom stereocenters. The van der Waals surface area contributed by atoms with Crippen molar-refractivity contribution < 1.29 is 14.0 Å². The molecule has 6 heteroatoms. The van der Waals surface area contributed by atoms with Gasteiger partial charge in [-0.25, -0.2) is 4.39 Å². The third-order valence-corrected chi connectivity index (χ3v) is 6.09. The van der Waals surface area contributed by atoms with Crippen LogP contribution >= 0.6 is 11.6 Å². The number of carbonyl (C=O) groups is 2. The third kappa shape index (κ3) is 7.16. The van der Waals surface area contributed by atoms with Gasteiger partial charge >= 0.3 is 0 Å². The highest BCUT2D eigenvalue weighted by Crippen LogP contribution is 2.19. The largest absolute Gasteiger partial charge is 0.352 e. The third-order valence-electron chi connectivity index (χ3n) is 5.84. The van der Waals surface area contributed by atoms with Crippen LogP contribution in [0.5, 0.6) is 0 Å². The second-order valence-electron chi connectivity index (χ2n) is 8.44. The summed E-state index contributed by atoms with van der Waals surface area (Å²) in [6.45, 7) is 3.90. The lowest BCUT2D eigenvalue weighted by atomic mass is 10.0. The summed E-state index contributed by atoms with van der Waals surface area (Å²) < 4.78 is 14.6. The lowest BCUT2D eigenvalue weighted by molar-refractivity contribution is -0.141. The first-order valence-corrected chi connectivity index (χ1v) is 11.9. The average Bonchev–Trinajstić information content (AvgIpc) is 2.84. The molecular formula is C28H30ClFN2O2. The van der Waals surface area contributed by atoms with Gasteiger partial charge in [-0.2, -0.15) is 0 Å². The maximum Gasteiger partial charge on any atom is 0.243 e. The van der Waals surface area contributed by atoms with Crippen LogP contribution in [0.15, 0.2) is 78.9 Å². The van der Waals surface area contributed by atoms with Crippen molar-refractivity contribution in [3.8, 4) is 0 Å². The molecule has 0 bridgehead atoms. The molecule has 0 radical (unpaired) electrons. The molecule has 178 valence electrons. The average molecular weight is 481 g/mol. The Morgan fingerprint density at radius 2 is 1.59 bits per heavy atom. The van der Waals surface area contributed by atoms with Crippen molar-refractivity contribution in [2.75, 3.05) is 0 Å². The molecule has 34 heavy (non-hydrogen) atoms. The molecule has 3 aromatic rings. The number of nitrogens with zero attached hydrogens (tertiary/aromatic N) is 1. The zero-order chi connectivity index (χ0) is 24.5. The number of rotatable bonds is 10. The summed E-state index contributed by atoms with van der Waals surface area (Å²) in [4.78, 5) is 28.5. The van der Waals surface area contributed by atoms with Crippen molar-refractivity contribution in [3.05, 3.63) is 106 Å². The zero-order valence-electron chi connectivity index (χ0n) is 19.5. The van der Waals surface area contributed by atoms with Crippen molar-refractivity contribution in [2.24, 2.45) is 0 Å². The van der Waals surface area contributed by atoms with Crippen LogP contribution < -0.4 is 5.32 Å². The lowest BCUT2D eigenvalue weighted by Crippen LogP contribution is -2.52. The molecule has 0 spiro atoms. The summed E-state index contributed by atoms with van der Waals surface area (Å²) in [6, 6.07) is 22.1. The maximum absolute atomic E-state index is 14.6. The molecule has 3 aromatic carbocycles. The molecule has 0 fully saturated rings. The highest BCUT2D eigenvalue weighted by atomic mass is 35.5.